The van der Waals surface area contributed by atoms with E-state index in [1.165, 1.54) is 12.1 Å². The van der Waals surface area contributed by atoms with Gasteiger partial charge in [-0.3, -0.25) is 4.79 Å². The topological polar surface area (TPSA) is 50.2 Å². The molecule has 0 spiro atoms. The standard InChI is InChI=1S/C23H25FN4O.ClH/c1-25-15-21-8-5-13-27(21)22(29)14-18-16-28(20-6-3-2-4-7-20)26-23(18)17-9-11-19(24)12-10-17;/h2-4,6-7,9-12,16,21,25H,5,8,13-15H2,1H3;1H. The number of nitrogens with zero attached hydrogens (tertiary/aromatic N) is 3. The van der Waals surface area contributed by atoms with Crippen molar-refractivity contribution < 1.29 is 9.18 Å². The van der Waals surface area contributed by atoms with Crippen LogP contribution in [0.2, 0.25) is 0 Å². The maximum atomic E-state index is 13.4. The molecule has 5 nitrogen and oxygen atoms in total. The Labute approximate surface area is 182 Å². The van der Waals surface area contributed by atoms with Gasteiger partial charge >= 0.3 is 0 Å². The van der Waals surface area contributed by atoms with Crippen molar-refractivity contribution in [2.45, 2.75) is 25.3 Å². The molecule has 1 aromatic heterocycles. The zero-order valence-electron chi connectivity index (χ0n) is 16.9. The van der Waals surface area contributed by atoms with E-state index >= 15 is 0 Å². The Hall–Kier alpha value is -2.70. The SMILES string of the molecule is CNCC1CCCN1C(=O)Cc1cn(-c2ccccc2)nc1-c1ccc(F)cc1.Cl. The highest BCUT2D eigenvalue weighted by Gasteiger charge is 2.29. The molecule has 30 heavy (non-hydrogen) atoms. The summed E-state index contributed by atoms with van der Waals surface area (Å²) in [7, 11) is 1.91. The monoisotopic (exact) mass is 428 g/mol. The Balaban J connectivity index is 0.00000256. The molecule has 1 atom stereocenters. The normalized spacial score (nSPS) is 15.8. The van der Waals surface area contributed by atoms with Crippen molar-refractivity contribution in [3.05, 3.63) is 72.2 Å². The maximum absolute atomic E-state index is 13.4. The van der Waals surface area contributed by atoms with Gasteiger partial charge in [-0.1, -0.05) is 18.2 Å². The number of para-hydroxylation sites is 1. The van der Waals surface area contributed by atoms with Crippen LogP contribution in [0.3, 0.4) is 0 Å². The third-order valence-corrected chi connectivity index (χ3v) is 5.41. The average Bonchev–Trinajstić information content (AvgIpc) is 3.37. The third kappa shape index (κ3) is 4.71. The van der Waals surface area contributed by atoms with Gasteiger partial charge in [0.1, 0.15) is 5.82 Å². The number of likely N-dealkylation sites (tertiary alicyclic amines) is 1. The van der Waals surface area contributed by atoms with Crippen LogP contribution >= 0.6 is 12.4 Å². The lowest BCUT2D eigenvalue weighted by atomic mass is 10.1. The summed E-state index contributed by atoms with van der Waals surface area (Å²) in [5.41, 5.74) is 3.29. The second-order valence-electron chi connectivity index (χ2n) is 7.41. The summed E-state index contributed by atoms with van der Waals surface area (Å²) in [5.74, 6) is -0.181. The largest absolute Gasteiger partial charge is 0.338 e. The first-order valence-corrected chi connectivity index (χ1v) is 9.99. The number of carbonyl (C=O) groups excluding carboxylic acids is 1. The van der Waals surface area contributed by atoms with Crippen LogP contribution in [0.25, 0.3) is 16.9 Å². The van der Waals surface area contributed by atoms with E-state index in [4.69, 9.17) is 5.10 Å². The number of rotatable bonds is 6. The molecule has 0 radical (unpaired) electrons. The molecule has 1 aliphatic rings. The molecule has 7 heteroatoms. The van der Waals surface area contributed by atoms with Gasteiger partial charge in [-0.15, -0.1) is 12.4 Å². The molecule has 158 valence electrons. The number of amides is 1. The Morgan fingerprint density at radius 3 is 2.60 bits per heavy atom. The Kier molecular flexibility index (Phi) is 7.24. The van der Waals surface area contributed by atoms with E-state index in [0.29, 0.717) is 5.69 Å². The lowest BCUT2D eigenvalue weighted by Gasteiger charge is -2.24. The lowest BCUT2D eigenvalue weighted by molar-refractivity contribution is -0.131. The van der Waals surface area contributed by atoms with Gasteiger partial charge in [-0.25, -0.2) is 9.07 Å². The van der Waals surface area contributed by atoms with Gasteiger partial charge in [-0.05, 0) is 56.3 Å². The summed E-state index contributed by atoms with van der Waals surface area (Å²) in [6, 6.07) is 16.3. The third-order valence-electron chi connectivity index (χ3n) is 5.41. The van der Waals surface area contributed by atoms with Crippen LogP contribution in [0.1, 0.15) is 18.4 Å². The van der Waals surface area contributed by atoms with Crippen LogP contribution in [0.5, 0.6) is 0 Å². The second kappa shape index (κ2) is 9.87. The number of carbonyl (C=O) groups is 1. The fraction of sp³-hybridized carbons (Fsp3) is 0.304. The first kappa shape index (κ1) is 22.0. The molecule has 4 rings (SSSR count). The molecule has 1 fully saturated rings. The molecule has 2 heterocycles. The molecule has 0 bridgehead atoms. The fourth-order valence-electron chi connectivity index (χ4n) is 3.98. The molecule has 3 aromatic rings. The number of nitrogens with one attached hydrogen (secondary N) is 1. The van der Waals surface area contributed by atoms with Gasteiger partial charge in [-0.2, -0.15) is 5.10 Å². The van der Waals surface area contributed by atoms with Crippen LogP contribution in [-0.4, -0.2) is 46.8 Å². The van der Waals surface area contributed by atoms with E-state index in [0.717, 1.165) is 42.7 Å². The van der Waals surface area contributed by atoms with Crippen molar-refractivity contribution in [1.29, 1.82) is 0 Å². The molecular formula is C23H26ClFN4O. The minimum absolute atomic E-state index is 0. The van der Waals surface area contributed by atoms with Crippen molar-refractivity contribution in [3.8, 4) is 16.9 Å². The van der Waals surface area contributed by atoms with E-state index in [1.54, 1.807) is 16.8 Å². The zero-order valence-corrected chi connectivity index (χ0v) is 17.7. The van der Waals surface area contributed by atoms with Gasteiger partial charge < -0.3 is 10.2 Å². The Morgan fingerprint density at radius 2 is 1.90 bits per heavy atom. The molecular weight excluding hydrogens is 403 g/mol. The van der Waals surface area contributed by atoms with E-state index in [9.17, 15) is 9.18 Å². The van der Waals surface area contributed by atoms with Crippen molar-refractivity contribution in [1.82, 2.24) is 20.0 Å². The smallest absolute Gasteiger partial charge is 0.227 e. The molecule has 1 amide bonds. The van der Waals surface area contributed by atoms with Crippen LogP contribution in [0.15, 0.2) is 60.8 Å². The number of aromatic nitrogens is 2. The summed E-state index contributed by atoms with van der Waals surface area (Å²) in [6.07, 6.45) is 4.25. The highest BCUT2D eigenvalue weighted by atomic mass is 35.5. The number of benzene rings is 2. The molecule has 0 saturated carbocycles. The van der Waals surface area contributed by atoms with Crippen molar-refractivity contribution in [2.24, 2.45) is 0 Å². The predicted molar refractivity (Wildman–Crippen MR) is 119 cm³/mol. The van der Waals surface area contributed by atoms with Gasteiger partial charge in [0.05, 0.1) is 17.8 Å². The molecule has 1 N–H and O–H groups in total. The quantitative estimate of drug-likeness (QED) is 0.648. The minimum atomic E-state index is -0.291. The Morgan fingerprint density at radius 1 is 1.17 bits per heavy atom. The lowest BCUT2D eigenvalue weighted by Crippen LogP contribution is -2.41. The highest BCUT2D eigenvalue weighted by molar-refractivity contribution is 5.85. The van der Waals surface area contributed by atoms with Gasteiger partial charge in [0.15, 0.2) is 0 Å². The molecule has 1 unspecified atom stereocenters. The fourth-order valence-corrected chi connectivity index (χ4v) is 3.98. The van der Waals surface area contributed by atoms with Crippen LogP contribution in [0, 0.1) is 5.82 Å². The maximum Gasteiger partial charge on any atom is 0.227 e. The van der Waals surface area contributed by atoms with Crippen molar-refractivity contribution >= 4 is 18.3 Å². The summed E-state index contributed by atoms with van der Waals surface area (Å²) < 4.78 is 15.2. The number of hydrogen-bond acceptors (Lipinski definition) is 3. The van der Waals surface area contributed by atoms with E-state index in [-0.39, 0.29) is 36.6 Å². The van der Waals surface area contributed by atoms with Crippen molar-refractivity contribution in [2.75, 3.05) is 20.1 Å². The number of halogens is 2. The van der Waals surface area contributed by atoms with Crippen LogP contribution in [0.4, 0.5) is 4.39 Å². The van der Waals surface area contributed by atoms with E-state index in [1.807, 2.05) is 48.5 Å². The van der Waals surface area contributed by atoms with E-state index in [2.05, 4.69) is 5.32 Å². The highest BCUT2D eigenvalue weighted by Crippen LogP contribution is 2.26. The average molecular weight is 429 g/mol. The second-order valence-corrected chi connectivity index (χ2v) is 7.41. The summed E-state index contributed by atoms with van der Waals surface area (Å²) in [5, 5.41) is 7.91. The van der Waals surface area contributed by atoms with E-state index < -0.39 is 0 Å². The molecule has 0 aliphatic carbocycles. The Bertz CT molecular complexity index is 975. The summed E-state index contributed by atoms with van der Waals surface area (Å²) in [6.45, 7) is 1.60. The van der Waals surface area contributed by atoms with Gasteiger partial charge in [0.25, 0.3) is 0 Å². The minimum Gasteiger partial charge on any atom is -0.338 e. The number of likely N-dealkylation sites (N-methyl/N-ethyl adjacent to an activating group) is 1. The molecule has 1 saturated heterocycles. The van der Waals surface area contributed by atoms with Gasteiger partial charge in [0, 0.05) is 36.5 Å². The number of hydrogen-bond donors (Lipinski definition) is 1. The summed E-state index contributed by atoms with van der Waals surface area (Å²) >= 11 is 0. The molecule has 1 aliphatic heterocycles. The predicted octanol–water partition coefficient (Wildman–Crippen LogP) is 3.85. The zero-order chi connectivity index (χ0) is 20.2. The van der Waals surface area contributed by atoms with Crippen molar-refractivity contribution in [3.63, 3.8) is 0 Å². The first-order valence-electron chi connectivity index (χ1n) is 9.99. The first-order chi connectivity index (χ1) is 14.2. The van der Waals surface area contributed by atoms with Crippen LogP contribution < -0.4 is 5.32 Å². The molecule has 2 aromatic carbocycles. The summed E-state index contributed by atoms with van der Waals surface area (Å²) in [4.78, 5) is 15.1. The van der Waals surface area contributed by atoms with Crippen LogP contribution in [-0.2, 0) is 11.2 Å². The van der Waals surface area contributed by atoms with Gasteiger partial charge in [0.2, 0.25) is 5.91 Å².